The van der Waals surface area contributed by atoms with Crippen molar-refractivity contribution in [3.8, 4) is 0 Å². The van der Waals surface area contributed by atoms with Gasteiger partial charge in [-0.3, -0.25) is 4.79 Å². The maximum absolute atomic E-state index is 11.6. The van der Waals surface area contributed by atoms with E-state index in [0.717, 1.165) is 30.2 Å². The summed E-state index contributed by atoms with van der Waals surface area (Å²) in [5.41, 5.74) is 1.21. The van der Waals surface area contributed by atoms with Crippen LogP contribution in [0.25, 0.3) is 0 Å². The summed E-state index contributed by atoms with van der Waals surface area (Å²) in [5.74, 6) is 1.18. The minimum Gasteiger partial charge on any atom is -0.336 e. The van der Waals surface area contributed by atoms with Gasteiger partial charge in [0.2, 0.25) is 5.91 Å². The van der Waals surface area contributed by atoms with Crippen LogP contribution >= 0.6 is 11.8 Å². The smallest absolute Gasteiger partial charge is 0.219 e. The van der Waals surface area contributed by atoms with Crippen LogP contribution in [-0.2, 0) is 4.79 Å². The number of carbonyl (C=O) groups excluding carboxylic acids is 1. The first kappa shape index (κ1) is 12.4. The predicted molar refractivity (Wildman–Crippen MR) is 70.0 cm³/mol. The molecule has 0 radical (unpaired) electrons. The Morgan fingerprint density at radius 2 is 2.47 bits per heavy atom. The Morgan fingerprint density at radius 1 is 1.65 bits per heavy atom. The highest BCUT2D eigenvalue weighted by molar-refractivity contribution is 7.99. The van der Waals surface area contributed by atoms with E-state index in [4.69, 9.17) is 0 Å². The Balaban J connectivity index is 2.29. The Hall–Kier alpha value is -1.03. The average molecular weight is 250 g/mol. The number of likely N-dealkylation sites (tertiary alicyclic amines) is 1. The molecule has 1 aromatic rings. The molecular formula is C13H18N2OS. The fourth-order valence-corrected chi connectivity index (χ4v) is 3.16. The lowest BCUT2D eigenvalue weighted by Crippen LogP contribution is -2.28. The quantitative estimate of drug-likeness (QED) is 0.773. The van der Waals surface area contributed by atoms with Crippen molar-refractivity contribution in [3.63, 3.8) is 0 Å². The number of carbonyl (C=O) groups is 1. The molecule has 0 aliphatic carbocycles. The molecule has 0 aromatic carbocycles. The number of amides is 1. The van der Waals surface area contributed by atoms with E-state index in [1.807, 2.05) is 17.2 Å². The van der Waals surface area contributed by atoms with Gasteiger partial charge in [-0.25, -0.2) is 4.98 Å². The third kappa shape index (κ3) is 2.63. The minimum atomic E-state index is 0.170. The van der Waals surface area contributed by atoms with Crippen LogP contribution in [0.15, 0.2) is 23.4 Å². The third-order valence-corrected chi connectivity index (χ3v) is 4.00. The first-order valence-corrected chi connectivity index (χ1v) is 7.07. The standard InChI is InChI=1S/C13H18N2OS/c1-3-17-13-11(6-4-8-14-13)12-7-5-9-15(12)10(2)16/h4,6,8,12H,3,5,7,9H2,1-2H3/t12-/m0/s1. The normalized spacial score (nSPS) is 19.6. The van der Waals surface area contributed by atoms with Crippen molar-refractivity contribution in [1.82, 2.24) is 9.88 Å². The summed E-state index contributed by atoms with van der Waals surface area (Å²) in [4.78, 5) is 18.0. The van der Waals surface area contributed by atoms with E-state index in [0.29, 0.717) is 0 Å². The SMILES string of the molecule is CCSc1ncccc1[C@@H]1CCCN1C(C)=O. The zero-order chi connectivity index (χ0) is 12.3. The summed E-state index contributed by atoms with van der Waals surface area (Å²) in [5, 5.41) is 1.08. The molecule has 2 rings (SSSR count). The largest absolute Gasteiger partial charge is 0.336 e. The minimum absolute atomic E-state index is 0.170. The molecule has 0 spiro atoms. The number of hydrogen-bond acceptors (Lipinski definition) is 3. The molecule has 0 unspecified atom stereocenters. The van der Waals surface area contributed by atoms with Crippen LogP contribution in [0.5, 0.6) is 0 Å². The molecule has 3 nitrogen and oxygen atoms in total. The van der Waals surface area contributed by atoms with Crippen molar-refractivity contribution < 1.29 is 4.79 Å². The highest BCUT2D eigenvalue weighted by atomic mass is 32.2. The summed E-state index contributed by atoms with van der Waals surface area (Å²) in [7, 11) is 0. The molecule has 0 bridgehead atoms. The van der Waals surface area contributed by atoms with Crippen molar-refractivity contribution in [2.75, 3.05) is 12.3 Å². The number of aromatic nitrogens is 1. The first-order chi connectivity index (χ1) is 8.24. The Morgan fingerprint density at radius 3 is 3.18 bits per heavy atom. The van der Waals surface area contributed by atoms with E-state index >= 15 is 0 Å². The van der Waals surface area contributed by atoms with Gasteiger partial charge in [-0.05, 0) is 24.7 Å². The Bertz CT molecular complexity index is 408. The topological polar surface area (TPSA) is 33.2 Å². The third-order valence-electron chi connectivity index (χ3n) is 3.10. The van der Waals surface area contributed by atoms with Gasteiger partial charge < -0.3 is 4.90 Å². The summed E-state index contributed by atoms with van der Waals surface area (Å²) in [6.07, 6.45) is 3.98. The van der Waals surface area contributed by atoms with Gasteiger partial charge in [0.15, 0.2) is 0 Å². The molecule has 92 valence electrons. The maximum Gasteiger partial charge on any atom is 0.219 e. The summed E-state index contributed by atoms with van der Waals surface area (Å²) in [6, 6.07) is 4.30. The molecular weight excluding hydrogens is 232 g/mol. The Kier molecular flexibility index (Phi) is 4.05. The van der Waals surface area contributed by atoms with Crippen LogP contribution in [-0.4, -0.2) is 28.1 Å². The van der Waals surface area contributed by atoms with Crippen molar-refractivity contribution in [1.29, 1.82) is 0 Å². The lowest BCUT2D eigenvalue weighted by molar-refractivity contribution is -0.129. The molecule has 1 saturated heterocycles. The van der Waals surface area contributed by atoms with Gasteiger partial charge in [0.25, 0.3) is 0 Å². The number of rotatable bonds is 3. The highest BCUT2D eigenvalue weighted by Gasteiger charge is 2.29. The molecule has 1 atom stereocenters. The summed E-state index contributed by atoms with van der Waals surface area (Å²) in [6.45, 7) is 4.66. The molecule has 1 amide bonds. The monoisotopic (exact) mass is 250 g/mol. The maximum atomic E-state index is 11.6. The molecule has 0 N–H and O–H groups in total. The summed E-state index contributed by atoms with van der Waals surface area (Å²) < 4.78 is 0. The van der Waals surface area contributed by atoms with E-state index < -0.39 is 0 Å². The second-order valence-corrected chi connectivity index (χ2v) is 5.45. The second-order valence-electron chi connectivity index (χ2n) is 4.20. The lowest BCUT2D eigenvalue weighted by Gasteiger charge is -2.24. The molecule has 1 aromatic heterocycles. The van der Waals surface area contributed by atoms with Crippen LogP contribution in [0.1, 0.15) is 38.3 Å². The van der Waals surface area contributed by atoms with E-state index in [1.165, 1.54) is 5.56 Å². The van der Waals surface area contributed by atoms with Crippen LogP contribution < -0.4 is 0 Å². The van der Waals surface area contributed by atoms with E-state index in [9.17, 15) is 4.79 Å². The number of thioether (sulfide) groups is 1. The van der Waals surface area contributed by atoms with Crippen molar-refractivity contribution in [3.05, 3.63) is 23.9 Å². The van der Waals surface area contributed by atoms with Gasteiger partial charge in [-0.2, -0.15) is 0 Å². The molecule has 4 heteroatoms. The fraction of sp³-hybridized carbons (Fsp3) is 0.538. The number of pyridine rings is 1. The summed E-state index contributed by atoms with van der Waals surface area (Å²) >= 11 is 1.75. The van der Waals surface area contributed by atoms with Gasteiger partial charge in [-0.1, -0.05) is 13.0 Å². The fourth-order valence-electron chi connectivity index (χ4n) is 2.38. The molecule has 1 aliphatic heterocycles. The zero-order valence-electron chi connectivity index (χ0n) is 10.3. The second kappa shape index (κ2) is 5.54. The van der Waals surface area contributed by atoms with Crippen molar-refractivity contribution >= 4 is 17.7 Å². The van der Waals surface area contributed by atoms with Gasteiger partial charge >= 0.3 is 0 Å². The molecule has 1 fully saturated rings. The average Bonchev–Trinajstić information content (AvgIpc) is 2.79. The van der Waals surface area contributed by atoms with E-state index in [2.05, 4.69) is 18.0 Å². The Labute approximate surface area is 107 Å². The van der Waals surface area contributed by atoms with Crippen LogP contribution in [0.2, 0.25) is 0 Å². The van der Waals surface area contributed by atoms with Crippen LogP contribution in [0.4, 0.5) is 0 Å². The highest BCUT2D eigenvalue weighted by Crippen LogP contribution is 2.36. The van der Waals surface area contributed by atoms with E-state index in [1.54, 1.807) is 18.7 Å². The molecule has 2 heterocycles. The predicted octanol–water partition coefficient (Wildman–Crippen LogP) is 2.88. The molecule has 17 heavy (non-hydrogen) atoms. The lowest BCUT2D eigenvalue weighted by atomic mass is 10.1. The number of nitrogens with zero attached hydrogens (tertiary/aromatic N) is 2. The van der Waals surface area contributed by atoms with Crippen LogP contribution in [0, 0.1) is 0 Å². The van der Waals surface area contributed by atoms with Gasteiger partial charge in [0.1, 0.15) is 5.03 Å². The number of hydrogen-bond donors (Lipinski definition) is 0. The van der Waals surface area contributed by atoms with Crippen LogP contribution in [0.3, 0.4) is 0 Å². The van der Waals surface area contributed by atoms with Gasteiger partial charge in [-0.15, -0.1) is 11.8 Å². The van der Waals surface area contributed by atoms with Gasteiger partial charge in [0, 0.05) is 25.2 Å². The molecule has 1 aliphatic rings. The molecule has 0 saturated carbocycles. The van der Waals surface area contributed by atoms with E-state index in [-0.39, 0.29) is 11.9 Å². The first-order valence-electron chi connectivity index (χ1n) is 6.09. The van der Waals surface area contributed by atoms with Gasteiger partial charge in [0.05, 0.1) is 6.04 Å². The van der Waals surface area contributed by atoms with Crippen molar-refractivity contribution in [2.24, 2.45) is 0 Å². The van der Waals surface area contributed by atoms with Crippen molar-refractivity contribution in [2.45, 2.75) is 37.8 Å². The zero-order valence-corrected chi connectivity index (χ0v) is 11.2.